The number of hydrogen-bond acceptors (Lipinski definition) is 2. The van der Waals surface area contributed by atoms with Crippen LogP contribution in [0.4, 0.5) is 5.69 Å². The van der Waals surface area contributed by atoms with Gasteiger partial charge in [0.05, 0.1) is 6.54 Å². The molecule has 0 fully saturated rings. The maximum absolute atomic E-state index is 13.5. The normalized spacial score (nSPS) is 10.9. The number of aryl methyl sites for hydroxylation is 3. The van der Waals surface area contributed by atoms with Gasteiger partial charge in [0, 0.05) is 22.3 Å². The van der Waals surface area contributed by atoms with Gasteiger partial charge in [-0.25, -0.2) is 0 Å². The van der Waals surface area contributed by atoms with E-state index in [0.717, 1.165) is 33.3 Å². The number of hydrogen-bond donors (Lipinski definition) is 1. The molecule has 3 aromatic carbocycles. The average Bonchev–Trinajstić information content (AvgIpc) is 2.72. The molecular weight excluding hydrogens is 372 g/mol. The fourth-order valence-electron chi connectivity index (χ4n) is 3.71. The Labute approximate surface area is 175 Å². The second kappa shape index (κ2) is 7.99. The van der Waals surface area contributed by atoms with E-state index in [1.54, 1.807) is 4.90 Å². The summed E-state index contributed by atoms with van der Waals surface area (Å²) < 4.78 is 0. The number of rotatable bonds is 4. The van der Waals surface area contributed by atoms with Crippen LogP contribution in [0.25, 0.3) is 10.9 Å². The van der Waals surface area contributed by atoms with Crippen LogP contribution in [0.15, 0.2) is 77.6 Å². The molecule has 1 N–H and O–H groups in total. The van der Waals surface area contributed by atoms with Crippen LogP contribution >= 0.6 is 0 Å². The molecule has 0 radical (unpaired) electrons. The topological polar surface area (TPSA) is 53.2 Å². The van der Waals surface area contributed by atoms with Gasteiger partial charge in [0.2, 0.25) is 0 Å². The Bertz CT molecular complexity index is 1300. The van der Waals surface area contributed by atoms with Crippen molar-refractivity contribution in [1.82, 2.24) is 4.98 Å². The van der Waals surface area contributed by atoms with Crippen molar-refractivity contribution in [1.29, 1.82) is 0 Å². The molecule has 1 heterocycles. The molecule has 0 unspecified atom stereocenters. The van der Waals surface area contributed by atoms with E-state index in [1.807, 2.05) is 93.6 Å². The molecule has 4 nitrogen and oxygen atoms in total. The lowest BCUT2D eigenvalue weighted by molar-refractivity contribution is 0.0985. The van der Waals surface area contributed by atoms with E-state index in [0.29, 0.717) is 11.1 Å². The molecule has 0 bridgehead atoms. The van der Waals surface area contributed by atoms with Crippen LogP contribution in [0.1, 0.15) is 32.6 Å². The minimum atomic E-state index is -0.177. The first-order valence-electron chi connectivity index (χ1n) is 9.99. The highest BCUT2D eigenvalue weighted by molar-refractivity contribution is 6.06. The Morgan fingerprint density at radius 1 is 0.867 bits per heavy atom. The largest absolute Gasteiger partial charge is 0.322 e. The van der Waals surface area contributed by atoms with Gasteiger partial charge in [0.15, 0.2) is 0 Å². The summed E-state index contributed by atoms with van der Waals surface area (Å²) in [4.78, 5) is 31.0. The van der Waals surface area contributed by atoms with Gasteiger partial charge in [-0.05, 0) is 67.6 Å². The van der Waals surface area contributed by atoms with E-state index in [9.17, 15) is 9.59 Å². The predicted octanol–water partition coefficient (Wildman–Crippen LogP) is 5.30. The third-order valence-corrected chi connectivity index (χ3v) is 5.32. The van der Waals surface area contributed by atoms with Gasteiger partial charge in [-0.2, -0.15) is 0 Å². The van der Waals surface area contributed by atoms with Crippen LogP contribution in [-0.2, 0) is 6.54 Å². The number of H-pyrrole nitrogens is 1. The van der Waals surface area contributed by atoms with Crippen molar-refractivity contribution in [3.63, 3.8) is 0 Å². The summed E-state index contributed by atoms with van der Waals surface area (Å²) in [5.41, 5.74) is 5.66. The third kappa shape index (κ3) is 3.90. The van der Waals surface area contributed by atoms with Gasteiger partial charge >= 0.3 is 0 Å². The van der Waals surface area contributed by atoms with E-state index >= 15 is 0 Å². The van der Waals surface area contributed by atoms with Crippen LogP contribution in [-0.4, -0.2) is 10.9 Å². The molecule has 0 aliphatic heterocycles. The zero-order valence-corrected chi connectivity index (χ0v) is 17.4. The van der Waals surface area contributed by atoms with E-state index < -0.39 is 0 Å². The molecular formula is C26H24N2O2. The number of carbonyl (C=O) groups excluding carboxylic acids is 1. The molecule has 4 aromatic rings. The van der Waals surface area contributed by atoms with Gasteiger partial charge in [-0.1, -0.05) is 48.0 Å². The molecule has 4 rings (SSSR count). The van der Waals surface area contributed by atoms with Crippen LogP contribution in [0.2, 0.25) is 0 Å². The number of carbonyl (C=O) groups is 1. The van der Waals surface area contributed by atoms with Crippen molar-refractivity contribution in [2.45, 2.75) is 27.3 Å². The lowest BCUT2D eigenvalue weighted by Crippen LogP contribution is -2.33. The summed E-state index contributed by atoms with van der Waals surface area (Å²) >= 11 is 0. The zero-order chi connectivity index (χ0) is 21.3. The number of benzene rings is 3. The number of nitrogens with zero attached hydrogens (tertiary/aromatic N) is 1. The average molecular weight is 396 g/mol. The number of fused-ring (bicyclic) bond motifs is 1. The number of aromatic nitrogens is 1. The molecule has 1 aromatic heterocycles. The standard InChI is InChI=1S/C26H24N2O2/c1-17-7-6-9-21(13-17)26(30)28(24-10-5-4-8-19(24)3)16-22-15-20-12-11-18(2)14-23(20)27-25(22)29/h4-15H,16H2,1-3H3,(H,27,29). The highest BCUT2D eigenvalue weighted by Crippen LogP contribution is 2.24. The summed E-state index contributed by atoms with van der Waals surface area (Å²) in [7, 11) is 0. The van der Waals surface area contributed by atoms with Crippen LogP contribution < -0.4 is 10.5 Å². The zero-order valence-electron chi connectivity index (χ0n) is 17.4. The Hall–Kier alpha value is -3.66. The van der Waals surface area contributed by atoms with Gasteiger partial charge in [0.25, 0.3) is 11.5 Å². The van der Waals surface area contributed by atoms with Crippen molar-refractivity contribution in [2.24, 2.45) is 0 Å². The Balaban J connectivity index is 1.81. The molecule has 1 amide bonds. The molecule has 0 aliphatic carbocycles. The number of anilines is 1. The van der Waals surface area contributed by atoms with Gasteiger partial charge < -0.3 is 9.88 Å². The molecule has 4 heteroatoms. The van der Waals surface area contributed by atoms with Crippen LogP contribution in [0.3, 0.4) is 0 Å². The highest BCUT2D eigenvalue weighted by atomic mass is 16.2. The quantitative estimate of drug-likeness (QED) is 0.509. The number of nitrogens with one attached hydrogen (secondary N) is 1. The van der Waals surface area contributed by atoms with Gasteiger partial charge in [-0.15, -0.1) is 0 Å². The lowest BCUT2D eigenvalue weighted by atomic mass is 10.1. The predicted molar refractivity (Wildman–Crippen MR) is 122 cm³/mol. The molecule has 0 saturated heterocycles. The minimum absolute atomic E-state index is 0.128. The summed E-state index contributed by atoms with van der Waals surface area (Å²) in [6, 6.07) is 23.1. The van der Waals surface area contributed by atoms with Crippen molar-refractivity contribution in [3.05, 3.63) is 111 Å². The van der Waals surface area contributed by atoms with Crippen molar-refractivity contribution in [2.75, 3.05) is 4.90 Å². The number of amides is 1. The van der Waals surface area contributed by atoms with E-state index in [4.69, 9.17) is 0 Å². The number of pyridine rings is 1. The first-order chi connectivity index (χ1) is 14.4. The molecule has 0 spiro atoms. The summed E-state index contributed by atoms with van der Waals surface area (Å²) in [5, 5.41) is 0.947. The second-order valence-corrected chi connectivity index (χ2v) is 7.76. The van der Waals surface area contributed by atoms with Crippen molar-refractivity contribution in [3.8, 4) is 0 Å². The molecule has 150 valence electrons. The Kier molecular flexibility index (Phi) is 5.23. The van der Waals surface area contributed by atoms with Crippen LogP contribution in [0, 0.1) is 20.8 Å². The number of aromatic amines is 1. The summed E-state index contributed by atoms with van der Waals surface area (Å²) in [6.45, 7) is 6.12. The molecule has 0 atom stereocenters. The van der Waals surface area contributed by atoms with Crippen LogP contribution in [0.5, 0.6) is 0 Å². The fraction of sp³-hybridized carbons (Fsp3) is 0.154. The molecule has 0 aliphatic rings. The first-order valence-corrected chi connectivity index (χ1v) is 9.99. The fourth-order valence-corrected chi connectivity index (χ4v) is 3.71. The van der Waals surface area contributed by atoms with E-state index in [-0.39, 0.29) is 18.0 Å². The SMILES string of the molecule is Cc1cccc(C(=O)N(Cc2cc3ccc(C)cc3[nH]c2=O)c2ccccc2C)c1. The van der Waals surface area contributed by atoms with Gasteiger partial charge in [-0.3, -0.25) is 9.59 Å². The van der Waals surface area contributed by atoms with Crippen molar-refractivity contribution < 1.29 is 4.79 Å². The van der Waals surface area contributed by atoms with E-state index in [1.165, 1.54) is 0 Å². The first kappa shape index (κ1) is 19.6. The maximum Gasteiger partial charge on any atom is 0.258 e. The third-order valence-electron chi connectivity index (χ3n) is 5.32. The van der Waals surface area contributed by atoms with Crippen molar-refractivity contribution >= 4 is 22.5 Å². The summed E-state index contributed by atoms with van der Waals surface area (Å²) in [6.07, 6.45) is 0. The lowest BCUT2D eigenvalue weighted by Gasteiger charge is -2.25. The summed E-state index contributed by atoms with van der Waals surface area (Å²) in [5.74, 6) is -0.128. The Morgan fingerprint density at radius 3 is 2.40 bits per heavy atom. The maximum atomic E-state index is 13.5. The minimum Gasteiger partial charge on any atom is -0.322 e. The molecule has 30 heavy (non-hydrogen) atoms. The smallest absolute Gasteiger partial charge is 0.258 e. The molecule has 0 saturated carbocycles. The van der Waals surface area contributed by atoms with E-state index in [2.05, 4.69) is 4.98 Å². The number of para-hydroxylation sites is 1. The van der Waals surface area contributed by atoms with Gasteiger partial charge in [0.1, 0.15) is 0 Å². The highest BCUT2D eigenvalue weighted by Gasteiger charge is 2.21. The Morgan fingerprint density at radius 2 is 1.63 bits per heavy atom. The monoisotopic (exact) mass is 396 g/mol. The second-order valence-electron chi connectivity index (χ2n) is 7.76.